The van der Waals surface area contributed by atoms with Gasteiger partial charge in [-0.1, -0.05) is 12.1 Å². The molecule has 1 N–H and O–H groups in total. The van der Waals surface area contributed by atoms with E-state index in [1.165, 1.54) is 4.90 Å². The van der Waals surface area contributed by atoms with E-state index in [0.29, 0.717) is 5.75 Å². The molecule has 0 radical (unpaired) electrons. The van der Waals surface area contributed by atoms with Gasteiger partial charge in [0, 0.05) is 19.5 Å². The van der Waals surface area contributed by atoms with Crippen LogP contribution in [0.3, 0.4) is 0 Å². The Morgan fingerprint density at radius 2 is 2.29 bits per heavy atom. The molecule has 116 valence electrons. The van der Waals surface area contributed by atoms with E-state index < -0.39 is 24.9 Å². The van der Waals surface area contributed by atoms with Crippen molar-refractivity contribution in [2.75, 3.05) is 26.8 Å². The van der Waals surface area contributed by atoms with Crippen molar-refractivity contribution in [2.45, 2.75) is 18.8 Å². The number of carbonyl (C=O) groups excluding carboxylic acids is 1. The highest BCUT2D eigenvalue weighted by molar-refractivity contribution is 5.79. The molecule has 21 heavy (non-hydrogen) atoms. The standard InChI is InChI=1S/C15H19F2NO3/c1-21-13-4-2-3-11(7-13)8-14(20)18-6-5-15(16,17)12(9-18)10-19/h2-4,7,12,19H,5-6,8-10H2,1H3. The molecule has 1 amide bonds. The predicted molar refractivity (Wildman–Crippen MR) is 73.4 cm³/mol. The quantitative estimate of drug-likeness (QED) is 0.921. The van der Waals surface area contributed by atoms with E-state index in [-0.39, 0.29) is 25.4 Å². The van der Waals surface area contributed by atoms with Gasteiger partial charge in [0.2, 0.25) is 5.91 Å². The maximum absolute atomic E-state index is 13.5. The van der Waals surface area contributed by atoms with Gasteiger partial charge in [0.1, 0.15) is 5.75 Å². The summed E-state index contributed by atoms with van der Waals surface area (Å²) in [6.07, 6.45) is -0.261. The molecule has 1 heterocycles. The van der Waals surface area contributed by atoms with Crippen molar-refractivity contribution in [3.8, 4) is 5.75 Å². The summed E-state index contributed by atoms with van der Waals surface area (Å²) < 4.78 is 32.1. The van der Waals surface area contributed by atoms with Crippen molar-refractivity contribution in [2.24, 2.45) is 5.92 Å². The lowest BCUT2D eigenvalue weighted by Crippen LogP contribution is -2.50. The first-order valence-electron chi connectivity index (χ1n) is 6.85. The smallest absolute Gasteiger partial charge is 0.256 e. The van der Waals surface area contributed by atoms with E-state index in [0.717, 1.165) is 5.56 Å². The highest BCUT2D eigenvalue weighted by Gasteiger charge is 2.44. The van der Waals surface area contributed by atoms with Gasteiger partial charge in [-0.15, -0.1) is 0 Å². The van der Waals surface area contributed by atoms with Crippen LogP contribution in [0.2, 0.25) is 0 Å². The normalized spacial score (nSPS) is 21.1. The van der Waals surface area contributed by atoms with Crippen LogP contribution in [0.25, 0.3) is 0 Å². The number of ether oxygens (including phenoxy) is 1. The van der Waals surface area contributed by atoms with Crippen LogP contribution in [-0.4, -0.2) is 48.6 Å². The molecular formula is C15H19F2NO3. The molecule has 0 aliphatic carbocycles. The van der Waals surface area contributed by atoms with Gasteiger partial charge in [-0.2, -0.15) is 0 Å². The van der Waals surface area contributed by atoms with Gasteiger partial charge in [-0.3, -0.25) is 4.79 Å². The zero-order valence-electron chi connectivity index (χ0n) is 11.9. The lowest BCUT2D eigenvalue weighted by molar-refractivity contribution is -0.148. The number of hydrogen-bond donors (Lipinski definition) is 1. The fourth-order valence-electron chi connectivity index (χ4n) is 2.47. The van der Waals surface area contributed by atoms with Crippen LogP contribution >= 0.6 is 0 Å². The van der Waals surface area contributed by atoms with E-state index in [9.17, 15) is 13.6 Å². The van der Waals surface area contributed by atoms with Gasteiger partial charge < -0.3 is 14.7 Å². The summed E-state index contributed by atoms with van der Waals surface area (Å²) in [4.78, 5) is 13.6. The molecule has 1 aromatic rings. The number of hydrogen-bond acceptors (Lipinski definition) is 3. The molecule has 2 rings (SSSR count). The molecular weight excluding hydrogens is 280 g/mol. The minimum absolute atomic E-state index is 0.0201. The number of alkyl halides is 2. The van der Waals surface area contributed by atoms with Gasteiger partial charge in [-0.25, -0.2) is 8.78 Å². The minimum Gasteiger partial charge on any atom is -0.497 e. The molecule has 1 aromatic carbocycles. The summed E-state index contributed by atoms with van der Waals surface area (Å²) in [5.74, 6) is -3.64. The number of carbonyl (C=O) groups is 1. The first kappa shape index (κ1) is 15.7. The van der Waals surface area contributed by atoms with Crippen LogP contribution in [-0.2, 0) is 11.2 Å². The molecule has 0 saturated carbocycles. The molecule has 0 bridgehead atoms. The van der Waals surface area contributed by atoms with Crippen LogP contribution in [0.4, 0.5) is 8.78 Å². The van der Waals surface area contributed by atoms with E-state index in [4.69, 9.17) is 9.84 Å². The number of rotatable bonds is 4. The largest absolute Gasteiger partial charge is 0.497 e. The third kappa shape index (κ3) is 3.69. The average molecular weight is 299 g/mol. The van der Waals surface area contributed by atoms with Crippen LogP contribution in [0.15, 0.2) is 24.3 Å². The fraction of sp³-hybridized carbons (Fsp3) is 0.533. The maximum Gasteiger partial charge on any atom is 0.256 e. The highest BCUT2D eigenvalue weighted by Crippen LogP contribution is 2.33. The Hall–Kier alpha value is -1.69. The van der Waals surface area contributed by atoms with Gasteiger partial charge >= 0.3 is 0 Å². The Kier molecular flexibility index (Phi) is 4.77. The third-order valence-electron chi connectivity index (χ3n) is 3.82. The second-order valence-electron chi connectivity index (χ2n) is 5.26. The Balaban J connectivity index is 2.00. The van der Waals surface area contributed by atoms with E-state index in [1.54, 1.807) is 31.4 Å². The Morgan fingerprint density at radius 3 is 2.95 bits per heavy atom. The summed E-state index contributed by atoms with van der Waals surface area (Å²) in [7, 11) is 1.54. The number of likely N-dealkylation sites (tertiary alicyclic amines) is 1. The molecule has 0 spiro atoms. The van der Waals surface area contributed by atoms with E-state index >= 15 is 0 Å². The Labute approximate surface area is 122 Å². The van der Waals surface area contributed by atoms with Crippen LogP contribution < -0.4 is 4.74 Å². The molecule has 4 nitrogen and oxygen atoms in total. The van der Waals surface area contributed by atoms with E-state index in [2.05, 4.69) is 0 Å². The number of halogens is 2. The Bertz CT molecular complexity index is 507. The van der Waals surface area contributed by atoms with E-state index in [1.807, 2.05) is 0 Å². The number of benzene rings is 1. The number of amides is 1. The second kappa shape index (κ2) is 6.39. The summed E-state index contributed by atoms with van der Waals surface area (Å²) >= 11 is 0. The lowest BCUT2D eigenvalue weighted by Gasteiger charge is -2.37. The Morgan fingerprint density at radius 1 is 1.52 bits per heavy atom. The molecule has 1 aliphatic heterocycles. The number of methoxy groups -OCH3 is 1. The number of nitrogens with zero attached hydrogens (tertiary/aromatic N) is 1. The molecule has 1 fully saturated rings. The molecule has 1 unspecified atom stereocenters. The predicted octanol–water partition coefficient (Wildman–Crippen LogP) is 1.71. The summed E-state index contributed by atoms with van der Waals surface area (Å²) in [6, 6.07) is 7.10. The van der Waals surface area contributed by atoms with Crippen LogP contribution in [0.5, 0.6) is 5.75 Å². The molecule has 6 heteroatoms. The zero-order valence-corrected chi connectivity index (χ0v) is 11.9. The number of aliphatic hydroxyl groups is 1. The van der Waals surface area contributed by atoms with Gasteiger partial charge in [0.25, 0.3) is 5.92 Å². The molecule has 1 saturated heterocycles. The monoisotopic (exact) mass is 299 g/mol. The number of aliphatic hydroxyl groups excluding tert-OH is 1. The van der Waals surface area contributed by atoms with Gasteiger partial charge in [-0.05, 0) is 17.7 Å². The van der Waals surface area contributed by atoms with Crippen LogP contribution in [0.1, 0.15) is 12.0 Å². The second-order valence-corrected chi connectivity index (χ2v) is 5.26. The maximum atomic E-state index is 13.5. The van der Waals surface area contributed by atoms with Crippen molar-refractivity contribution in [1.29, 1.82) is 0 Å². The van der Waals surface area contributed by atoms with Crippen molar-refractivity contribution in [1.82, 2.24) is 4.90 Å². The topological polar surface area (TPSA) is 49.8 Å². The van der Waals surface area contributed by atoms with Crippen molar-refractivity contribution in [3.05, 3.63) is 29.8 Å². The van der Waals surface area contributed by atoms with Crippen molar-refractivity contribution >= 4 is 5.91 Å². The van der Waals surface area contributed by atoms with Crippen LogP contribution in [0, 0.1) is 5.92 Å². The third-order valence-corrected chi connectivity index (χ3v) is 3.82. The molecule has 1 aliphatic rings. The lowest BCUT2D eigenvalue weighted by atomic mass is 9.94. The highest BCUT2D eigenvalue weighted by atomic mass is 19.3. The summed E-state index contributed by atoms with van der Waals surface area (Å²) in [5, 5.41) is 9.05. The summed E-state index contributed by atoms with van der Waals surface area (Å²) in [5.41, 5.74) is 0.775. The van der Waals surface area contributed by atoms with Gasteiger partial charge in [0.15, 0.2) is 0 Å². The molecule has 1 atom stereocenters. The molecule has 0 aromatic heterocycles. The van der Waals surface area contributed by atoms with Crippen molar-refractivity contribution < 1.29 is 23.4 Å². The zero-order chi connectivity index (χ0) is 15.5. The minimum atomic E-state index is -2.90. The fourth-order valence-corrected chi connectivity index (χ4v) is 2.47. The number of piperidine rings is 1. The average Bonchev–Trinajstić information content (AvgIpc) is 2.47. The first-order chi connectivity index (χ1) is 9.96. The first-order valence-corrected chi connectivity index (χ1v) is 6.85. The van der Waals surface area contributed by atoms with Gasteiger partial charge in [0.05, 0.1) is 26.1 Å². The SMILES string of the molecule is COc1cccc(CC(=O)N2CCC(F)(F)C(CO)C2)c1. The summed E-state index contributed by atoms with van der Waals surface area (Å²) in [6.45, 7) is -0.700. The van der Waals surface area contributed by atoms with Crippen molar-refractivity contribution in [3.63, 3.8) is 0 Å².